The molecule has 1 aromatic carbocycles. The van der Waals surface area contributed by atoms with Gasteiger partial charge in [0.25, 0.3) is 0 Å². The molecule has 4 heterocycles. The molecule has 8 nitrogen and oxygen atoms in total. The van der Waals surface area contributed by atoms with Crippen molar-refractivity contribution < 1.29 is 5.11 Å². The molecule has 2 aromatic heterocycles. The summed E-state index contributed by atoms with van der Waals surface area (Å²) in [4.78, 5) is 8.44. The third kappa shape index (κ3) is 3.63. The lowest BCUT2D eigenvalue weighted by Crippen LogP contribution is -2.54. The van der Waals surface area contributed by atoms with Crippen LogP contribution in [0.1, 0.15) is 39.5 Å². The minimum absolute atomic E-state index is 0.129. The number of piperidine rings is 1. The van der Waals surface area contributed by atoms with Crippen molar-refractivity contribution in [1.29, 1.82) is 0 Å². The van der Waals surface area contributed by atoms with E-state index in [0.717, 1.165) is 25.1 Å². The molecule has 30 heavy (non-hydrogen) atoms. The van der Waals surface area contributed by atoms with Crippen molar-refractivity contribution in [3.63, 3.8) is 0 Å². The molecule has 2 unspecified atom stereocenters. The molecule has 2 bridgehead atoms. The Labute approximate surface area is 175 Å². The summed E-state index contributed by atoms with van der Waals surface area (Å²) in [5.74, 6) is 1.24. The highest BCUT2D eigenvalue weighted by Gasteiger charge is 2.48. The molecule has 0 saturated carbocycles. The van der Waals surface area contributed by atoms with Crippen molar-refractivity contribution in [1.82, 2.24) is 30.0 Å². The molecule has 156 valence electrons. The van der Waals surface area contributed by atoms with Crippen molar-refractivity contribution >= 4 is 5.95 Å². The molecule has 0 spiro atoms. The van der Waals surface area contributed by atoms with Crippen LogP contribution in [0.5, 0.6) is 5.75 Å². The molecule has 2 aliphatic heterocycles. The number of benzene rings is 1. The summed E-state index contributed by atoms with van der Waals surface area (Å²) in [6.07, 6.45) is 11.7. The third-order valence-electron chi connectivity index (χ3n) is 6.48. The molecule has 2 aliphatic rings. The van der Waals surface area contributed by atoms with Crippen LogP contribution < -0.4 is 10.6 Å². The minimum atomic E-state index is 0.129. The third-order valence-corrected chi connectivity index (χ3v) is 6.48. The first-order valence-electron chi connectivity index (χ1n) is 10.5. The number of phenols is 1. The monoisotopic (exact) mass is 405 g/mol. The number of aromatic hydroxyl groups is 1. The van der Waals surface area contributed by atoms with Gasteiger partial charge in [-0.2, -0.15) is 0 Å². The normalized spacial score (nSPS) is 27.9. The summed E-state index contributed by atoms with van der Waals surface area (Å²) in [6.45, 7) is 5.52. The van der Waals surface area contributed by atoms with Gasteiger partial charge in [0, 0.05) is 41.6 Å². The first-order valence-corrected chi connectivity index (χ1v) is 10.5. The molecular formula is C22H27N7O. The maximum Gasteiger partial charge on any atom is 0.242 e. The quantitative estimate of drug-likeness (QED) is 0.599. The molecule has 3 aromatic rings. The van der Waals surface area contributed by atoms with Gasteiger partial charge in [0.05, 0.1) is 18.2 Å². The van der Waals surface area contributed by atoms with E-state index < -0.39 is 0 Å². The van der Waals surface area contributed by atoms with Crippen LogP contribution in [0.4, 0.5) is 5.95 Å². The Kier molecular flexibility index (Phi) is 4.47. The average Bonchev–Trinajstić information content (AvgIpc) is 3.33. The number of anilines is 1. The number of imidazole rings is 1. The van der Waals surface area contributed by atoms with E-state index >= 15 is 0 Å². The topological polar surface area (TPSA) is 101 Å². The number of phenolic OH excluding ortho intramolecular Hbond substituents is 1. The fourth-order valence-electron chi connectivity index (χ4n) is 5.23. The highest BCUT2D eigenvalue weighted by atomic mass is 16.3. The van der Waals surface area contributed by atoms with Crippen molar-refractivity contribution in [3.05, 3.63) is 43.1 Å². The predicted molar refractivity (Wildman–Crippen MR) is 114 cm³/mol. The second-order valence-corrected chi connectivity index (χ2v) is 9.24. The van der Waals surface area contributed by atoms with Crippen LogP contribution in [-0.4, -0.2) is 47.5 Å². The molecule has 2 fully saturated rings. The standard InChI is InChI=1S/C22H27N7O/c1-21-5-6-22(2,28-21)11-15(10-21)12-24-20-25-13-18(26-27-20)17-4-3-16(9-19(17)30)29-8-7-23-14-29/h3-4,7-9,13-15,28,30H,5-6,10-12H2,1-2H3,(H,24,25,27). The van der Waals surface area contributed by atoms with Gasteiger partial charge >= 0.3 is 0 Å². The van der Waals surface area contributed by atoms with E-state index in [1.54, 1.807) is 24.8 Å². The Morgan fingerprint density at radius 2 is 2.00 bits per heavy atom. The maximum absolute atomic E-state index is 10.4. The summed E-state index contributed by atoms with van der Waals surface area (Å²) in [6, 6.07) is 5.39. The number of fused-ring (bicyclic) bond motifs is 2. The van der Waals surface area contributed by atoms with E-state index in [9.17, 15) is 5.11 Å². The molecule has 8 heteroatoms. The molecule has 0 radical (unpaired) electrons. The van der Waals surface area contributed by atoms with E-state index in [1.807, 2.05) is 22.9 Å². The van der Waals surface area contributed by atoms with Crippen LogP contribution in [0.3, 0.4) is 0 Å². The van der Waals surface area contributed by atoms with Gasteiger partial charge in [0.15, 0.2) is 0 Å². The lowest BCUT2D eigenvalue weighted by Gasteiger charge is -2.42. The molecule has 5 rings (SSSR count). The fourth-order valence-corrected chi connectivity index (χ4v) is 5.23. The van der Waals surface area contributed by atoms with Crippen molar-refractivity contribution in [3.8, 4) is 22.7 Å². The first-order chi connectivity index (χ1) is 14.4. The molecule has 2 atom stereocenters. The summed E-state index contributed by atoms with van der Waals surface area (Å²) in [5.41, 5.74) is 2.47. The largest absolute Gasteiger partial charge is 0.507 e. The molecule has 0 amide bonds. The number of nitrogens with one attached hydrogen (secondary N) is 2. The van der Waals surface area contributed by atoms with Gasteiger partial charge < -0.3 is 20.3 Å². The minimum Gasteiger partial charge on any atom is -0.507 e. The Hall–Kier alpha value is -3.00. The predicted octanol–water partition coefficient (Wildman–Crippen LogP) is 3.15. The van der Waals surface area contributed by atoms with E-state index in [1.165, 1.54) is 12.8 Å². The average molecular weight is 406 g/mol. The number of rotatable bonds is 5. The molecule has 3 N–H and O–H groups in total. The lowest BCUT2D eigenvalue weighted by molar-refractivity contribution is 0.178. The number of nitrogens with zero attached hydrogens (tertiary/aromatic N) is 5. The van der Waals surface area contributed by atoms with Gasteiger partial charge in [-0.15, -0.1) is 10.2 Å². The molecule has 2 saturated heterocycles. The number of hydrogen-bond donors (Lipinski definition) is 3. The zero-order chi connectivity index (χ0) is 20.8. The van der Waals surface area contributed by atoms with E-state index in [4.69, 9.17) is 0 Å². The second-order valence-electron chi connectivity index (χ2n) is 9.24. The van der Waals surface area contributed by atoms with Crippen LogP contribution in [-0.2, 0) is 0 Å². The first kappa shape index (κ1) is 19.0. The van der Waals surface area contributed by atoms with Gasteiger partial charge in [-0.3, -0.25) is 0 Å². The van der Waals surface area contributed by atoms with E-state index in [2.05, 4.69) is 44.6 Å². The number of aromatic nitrogens is 5. The van der Waals surface area contributed by atoms with Crippen molar-refractivity contribution in [2.24, 2.45) is 5.92 Å². The highest BCUT2D eigenvalue weighted by Crippen LogP contribution is 2.44. The zero-order valence-electron chi connectivity index (χ0n) is 17.3. The Balaban J connectivity index is 1.25. The zero-order valence-corrected chi connectivity index (χ0v) is 17.3. The Bertz CT molecular complexity index is 1020. The van der Waals surface area contributed by atoms with Crippen LogP contribution in [0.25, 0.3) is 16.9 Å². The molecule has 0 aliphatic carbocycles. The molecular weight excluding hydrogens is 378 g/mol. The van der Waals surface area contributed by atoms with Gasteiger partial charge in [0.2, 0.25) is 5.95 Å². The van der Waals surface area contributed by atoms with E-state index in [-0.39, 0.29) is 16.8 Å². The fraction of sp³-hybridized carbons (Fsp3) is 0.455. The summed E-state index contributed by atoms with van der Waals surface area (Å²) in [7, 11) is 0. The van der Waals surface area contributed by atoms with Crippen LogP contribution in [0.2, 0.25) is 0 Å². The highest BCUT2D eigenvalue weighted by molar-refractivity contribution is 5.68. The lowest BCUT2D eigenvalue weighted by atomic mass is 9.80. The van der Waals surface area contributed by atoms with Crippen molar-refractivity contribution in [2.45, 2.75) is 50.6 Å². The van der Waals surface area contributed by atoms with Gasteiger partial charge in [-0.1, -0.05) is 0 Å². The number of hydrogen-bond acceptors (Lipinski definition) is 7. The SMILES string of the molecule is CC12CCC(C)(CC(CNc3ncc(-c4ccc(-n5ccnc5)cc4O)nn3)C1)N2. The Morgan fingerprint density at radius 1 is 1.20 bits per heavy atom. The summed E-state index contributed by atoms with van der Waals surface area (Å²) < 4.78 is 1.83. The van der Waals surface area contributed by atoms with Gasteiger partial charge in [0.1, 0.15) is 11.4 Å². The Morgan fingerprint density at radius 3 is 2.63 bits per heavy atom. The van der Waals surface area contributed by atoms with Crippen LogP contribution in [0, 0.1) is 5.92 Å². The van der Waals surface area contributed by atoms with Gasteiger partial charge in [-0.05, 0) is 57.6 Å². The van der Waals surface area contributed by atoms with Crippen LogP contribution in [0.15, 0.2) is 43.1 Å². The second kappa shape index (κ2) is 7.05. The summed E-state index contributed by atoms with van der Waals surface area (Å²) >= 11 is 0. The maximum atomic E-state index is 10.4. The van der Waals surface area contributed by atoms with Crippen LogP contribution >= 0.6 is 0 Å². The van der Waals surface area contributed by atoms with E-state index in [0.29, 0.717) is 23.1 Å². The van der Waals surface area contributed by atoms with Gasteiger partial charge in [-0.25, -0.2) is 9.97 Å². The summed E-state index contributed by atoms with van der Waals surface area (Å²) in [5, 5.41) is 26.1. The smallest absolute Gasteiger partial charge is 0.242 e. The van der Waals surface area contributed by atoms with Crippen molar-refractivity contribution in [2.75, 3.05) is 11.9 Å².